The normalized spacial score (nSPS) is 12.7. The molecular weight excluding hydrogens is 540 g/mol. The highest BCUT2D eigenvalue weighted by molar-refractivity contribution is 6.59. The Labute approximate surface area is 256 Å². The molecule has 0 bridgehead atoms. The Morgan fingerprint density at radius 3 is 1.47 bits per heavy atom. The molecule has 43 heavy (non-hydrogen) atoms. The zero-order valence-corrected chi connectivity index (χ0v) is 25.6. The second-order valence-corrected chi connectivity index (χ2v) is 10.8. The van der Waals surface area contributed by atoms with Crippen LogP contribution in [0, 0.1) is 0 Å². The summed E-state index contributed by atoms with van der Waals surface area (Å²) in [5, 5.41) is 53.4. The number of benzene rings is 3. The molecule has 0 saturated carbocycles. The summed E-state index contributed by atoms with van der Waals surface area (Å²) in [5.41, 5.74) is 10.6. The smallest absolute Gasteiger partial charge is 0.423 e. The van der Waals surface area contributed by atoms with Crippen molar-refractivity contribution in [2.75, 3.05) is 13.1 Å². The molecule has 1 aliphatic rings. The Kier molecular flexibility index (Phi) is 12.2. The summed E-state index contributed by atoms with van der Waals surface area (Å²) in [6.07, 6.45) is 2.64. The first kappa shape index (κ1) is 32.7. The van der Waals surface area contributed by atoms with Gasteiger partial charge in [0.25, 0.3) is 0 Å². The van der Waals surface area contributed by atoms with Crippen molar-refractivity contribution in [2.45, 2.75) is 72.8 Å². The molecule has 0 radical (unpaired) electrons. The van der Waals surface area contributed by atoms with Crippen LogP contribution in [-0.4, -0.2) is 53.4 Å². The van der Waals surface area contributed by atoms with Crippen LogP contribution in [0.3, 0.4) is 0 Å². The van der Waals surface area contributed by atoms with Crippen molar-refractivity contribution in [3.05, 3.63) is 93.0 Å². The third-order valence-electron chi connectivity index (χ3n) is 8.25. The van der Waals surface area contributed by atoms with E-state index in [1.165, 1.54) is 33.4 Å². The number of hydrogen-bond donors (Lipinski definition) is 8. The molecule has 11 heteroatoms. The summed E-state index contributed by atoms with van der Waals surface area (Å²) in [4.78, 5) is 4.54. The van der Waals surface area contributed by atoms with E-state index in [2.05, 4.69) is 47.0 Å². The maximum atomic E-state index is 9.85. The van der Waals surface area contributed by atoms with Crippen LogP contribution in [0.1, 0.15) is 65.3 Å². The molecule has 0 spiro atoms. The summed E-state index contributed by atoms with van der Waals surface area (Å²) >= 11 is 0. The highest BCUT2D eigenvalue weighted by atomic mass is 16.4. The van der Waals surface area contributed by atoms with Gasteiger partial charge < -0.3 is 41.4 Å². The third kappa shape index (κ3) is 8.06. The predicted octanol–water partition coefficient (Wildman–Crippen LogP) is 0.362. The zero-order valence-electron chi connectivity index (χ0n) is 25.6. The number of nitrogens with zero attached hydrogens (tertiary/aromatic N) is 1. The molecule has 1 aliphatic heterocycles. The fraction of sp³-hybridized carbons (Fsp3) is 0.406. The molecule has 8 N–H and O–H groups in total. The van der Waals surface area contributed by atoms with E-state index in [9.17, 15) is 20.1 Å². The second-order valence-electron chi connectivity index (χ2n) is 10.8. The number of hydrogen-bond acceptors (Lipinski definition) is 9. The molecule has 0 aliphatic carbocycles. The summed E-state index contributed by atoms with van der Waals surface area (Å²) in [5.74, 6) is 0.835. The molecule has 0 amide bonds. The number of guanidine groups is 1. The quantitative estimate of drug-likeness (QED) is 0.120. The van der Waals surface area contributed by atoms with Crippen molar-refractivity contribution in [2.24, 2.45) is 4.99 Å². The maximum Gasteiger partial charge on any atom is 0.488 e. The van der Waals surface area contributed by atoms with E-state index in [0.717, 1.165) is 49.4 Å². The first-order chi connectivity index (χ1) is 20.9. The Bertz CT molecular complexity index is 1310. The van der Waals surface area contributed by atoms with Gasteiger partial charge >= 0.3 is 14.2 Å². The average Bonchev–Trinajstić information content (AvgIpc) is 3.54. The molecular formula is C32H45B2N5O4. The molecule has 228 valence electrons. The molecule has 0 unspecified atom stereocenters. The van der Waals surface area contributed by atoms with E-state index in [0.29, 0.717) is 43.6 Å². The lowest BCUT2D eigenvalue weighted by Crippen LogP contribution is -2.35. The highest BCUT2D eigenvalue weighted by Gasteiger charge is 2.23. The van der Waals surface area contributed by atoms with E-state index in [1.54, 1.807) is 12.1 Å². The minimum atomic E-state index is -1.52. The minimum absolute atomic E-state index is 0.510. The topological polar surface area (TPSA) is 141 Å². The van der Waals surface area contributed by atoms with Gasteiger partial charge in [-0.1, -0.05) is 69.3 Å². The first-order valence-corrected chi connectivity index (χ1v) is 15.4. The monoisotopic (exact) mass is 585 g/mol. The Hall–Kier alpha value is -3.18. The fourth-order valence-corrected chi connectivity index (χ4v) is 6.24. The van der Waals surface area contributed by atoms with Gasteiger partial charge in [0.1, 0.15) is 0 Å². The first-order valence-electron chi connectivity index (χ1n) is 15.4. The molecule has 0 fully saturated rings. The average molecular weight is 585 g/mol. The van der Waals surface area contributed by atoms with Crippen molar-refractivity contribution in [3.63, 3.8) is 0 Å². The van der Waals surface area contributed by atoms with Gasteiger partial charge in [-0.15, -0.1) is 0 Å². The summed E-state index contributed by atoms with van der Waals surface area (Å²) in [6, 6.07) is 14.8. The van der Waals surface area contributed by atoms with Gasteiger partial charge in [0.15, 0.2) is 5.96 Å². The highest BCUT2D eigenvalue weighted by Crippen LogP contribution is 2.31. The maximum absolute atomic E-state index is 9.85. The molecule has 3 aromatic rings. The van der Waals surface area contributed by atoms with Gasteiger partial charge in [0.2, 0.25) is 0 Å². The van der Waals surface area contributed by atoms with Gasteiger partial charge in [-0.25, -0.2) is 0 Å². The van der Waals surface area contributed by atoms with E-state index in [-0.39, 0.29) is 0 Å². The zero-order chi connectivity index (χ0) is 30.8. The molecule has 4 rings (SSSR count). The van der Waals surface area contributed by atoms with Crippen molar-refractivity contribution in [3.8, 4) is 0 Å². The van der Waals surface area contributed by atoms with Crippen LogP contribution in [0.25, 0.3) is 0 Å². The largest absolute Gasteiger partial charge is 0.488 e. The Morgan fingerprint density at radius 2 is 1.07 bits per heavy atom. The number of aliphatic imine (C=N–C) groups is 1. The van der Waals surface area contributed by atoms with E-state index in [1.807, 2.05) is 36.4 Å². The van der Waals surface area contributed by atoms with Crippen LogP contribution >= 0.6 is 0 Å². The van der Waals surface area contributed by atoms with E-state index in [4.69, 9.17) is 0 Å². The Morgan fingerprint density at radius 1 is 0.628 bits per heavy atom. The van der Waals surface area contributed by atoms with Crippen LogP contribution in [0.2, 0.25) is 0 Å². The van der Waals surface area contributed by atoms with E-state index >= 15 is 0 Å². The standard InChI is InChI=1S/C32H45B2N5O4/c1-4-24-27(19-35-17-22-11-7-9-13-30(22)33(40)41)25(5-2)29(21-39-32-37-15-16-38-32)26(6-3)28(24)20-36-18-23-12-8-10-14-31(23)34(42)43/h7-14,35-36,40-43H,4-6,15-21H2,1-3H3,(H2,37,38,39). The third-order valence-corrected chi connectivity index (χ3v) is 8.25. The lowest BCUT2D eigenvalue weighted by Gasteiger charge is -2.27. The lowest BCUT2D eigenvalue weighted by atomic mass is 9.77. The lowest BCUT2D eigenvalue weighted by molar-refractivity contribution is 0.424. The SMILES string of the molecule is CCc1c(CNCc2ccccc2B(O)O)c(CC)c(CNC2=NCCN2)c(CC)c1CNCc1ccccc1B(O)O. The molecule has 0 aromatic heterocycles. The van der Waals surface area contributed by atoms with Crippen molar-refractivity contribution >= 4 is 31.1 Å². The van der Waals surface area contributed by atoms with Gasteiger partial charge in [-0.2, -0.15) is 0 Å². The van der Waals surface area contributed by atoms with Crippen molar-refractivity contribution < 1.29 is 20.1 Å². The molecule has 9 nitrogen and oxygen atoms in total. The summed E-state index contributed by atoms with van der Waals surface area (Å²) in [6.45, 7) is 11.2. The summed E-state index contributed by atoms with van der Waals surface area (Å²) in [7, 11) is -3.03. The van der Waals surface area contributed by atoms with Crippen LogP contribution in [0.4, 0.5) is 0 Å². The number of nitrogens with one attached hydrogen (secondary N) is 4. The van der Waals surface area contributed by atoms with Crippen LogP contribution in [0.15, 0.2) is 53.5 Å². The minimum Gasteiger partial charge on any atom is -0.423 e. The van der Waals surface area contributed by atoms with Crippen LogP contribution in [-0.2, 0) is 52.0 Å². The van der Waals surface area contributed by atoms with Gasteiger partial charge in [0, 0.05) is 39.3 Å². The fourth-order valence-electron chi connectivity index (χ4n) is 6.24. The Balaban J connectivity index is 1.68. The molecule has 0 atom stereocenters. The number of rotatable bonds is 15. The van der Waals surface area contributed by atoms with E-state index < -0.39 is 14.2 Å². The molecule has 3 aromatic carbocycles. The van der Waals surface area contributed by atoms with Crippen LogP contribution < -0.4 is 32.2 Å². The summed E-state index contributed by atoms with van der Waals surface area (Å²) < 4.78 is 0. The van der Waals surface area contributed by atoms with Crippen molar-refractivity contribution in [1.82, 2.24) is 21.3 Å². The predicted molar refractivity (Wildman–Crippen MR) is 175 cm³/mol. The molecule has 0 saturated heterocycles. The van der Waals surface area contributed by atoms with Gasteiger partial charge in [-0.05, 0) is 74.7 Å². The van der Waals surface area contributed by atoms with Crippen LogP contribution in [0.5, 0.6) is 0 Å². The van der Waals surface area contributed by atoms with Gasteiger partial charge in [-0.3, -0.25) is 4.99 Å². The van der Waals surface area contributed by atoms with Gasteiger partial charge in [0.05, 0.1) is 6.54 Å². The second kappa shape index (κ2) is 16.0. The van der Waals surface area contributed by atoms with Crippen molar-refractivity contribution in [1.29, 1.82) is 0 Å². The molecule has 1 heterocycles.